The van der Waals surface area contributed by atoms with Crippen LogP contribution < -0.4 is 5.32 Å². The first-order valence-electron chi connectivity index (χ1n) is 9.24. The lowest BCUT2D eigenvalue weighted by Crippen LogP contribution is -2.34. The number of rotatable bonds is 4. The maximum Gasteiger partial charge on any atom is 0.257 e. The summed E-state index contributed by atoms with van der Waals surface area (Å²) >= 11 is 0. The SMILES string of the molecule is O=C(NC[C@@H]1CCn2ncc(C(=O)N3CCCC3)c2C1)c1cccnc1. The minimum atomic E-state index is -0.106. The molecule has 2 amide bonds. The second-order valence-electron chi connectivity index (χ2n) is 7.04. The van der Waals surface area contributed by atoms with Gasteiger partial charge in [0, 0.05) is 38.6 Å². The van der Waals surface area contributed by atoms with Crippen LogP contribution in [0.15, 0.2) is 30.7 Å². The third-order valence-corrected chi connectivity index (χ3v) is 5.28. The van der Waals surface area contributed by atoms with E-state index in [9.17, 15) is 9.59 Å². The van der Waals surface area contributed by atoms with E-state index >= 15 is 0 Å². The quantitative estimate of drug-likeness (QED) is 0.903. The first-order chi connectivity index (χ1) is 12.7. The Hall–Kier alpha value is -2.70. The summed E-state index contributed by atoms with van der Waals surface area (Å²) in [5, 5.41) is 7.39. The number of likely N-dealkylation sites (tertiary alicyclic amines) is 1. The highest BCUT2D eigenvalue weighted by Crippen LogP contribution is 2.24. The normalized spacial score (nSPS) is 19.2. The van der Waals surface area contributed by atoms with Crippen molar-refractivity contribution in [1.29, 1.82) is 0 Å². The molecule has 2 aliphatic rings. The lowest BCUT2D eigenvalue weighted by atomic mass is 9.94. The van der Waals surface area contributed by atoms with Crippen LogP contribution in [0, 0.1) is 5.92 Å². The maximum atomic E-state index is 12.7. The van der Waals surface area contributed by atoms with Gasteiger partial charge in [0.2, 0.25) is 0 Å². The molecule has 0 bridgehead atoms. The minimum absolute atomic E-state index is 0.101. The Bertz CT molecular complexity index is 796. The molecule has 2 aromatic heterocycles. The van der Waals surface area contributed by atoms with Gasteiger partial charge in [-0.3, -0.25) is 19.3 Å². The van der Waals surface area contributed by atoms with Gasteiger partial charge in [-0.25, -0.2) is 0 Å². The van der Waals surface area contributed by atoms with E-state index in [2.05, 4.69) is 15.4 Å². The summed E-state index contributed by atoms with van der Waals surface area (Å²) in [6, 6.07) is 3.51. The molecule has 2 aromatic rings. The number of nitrogens with zero attached hydrogens (tertiary/aromatic N) is 4. The summed E-state index contributed by atoms with van der Waals surface area (Å²) in [4.78, 5) is 30.8. The largest absolute Gasteiger partial charge is 0.352 e. The fraction of sp³-hybridized carbons (Fsp3) is 0.474. The van der Waals surface area contributed by atoms with Crippen molar-refractivity contribution in [2.45, 2.75) is 32.2 Å². The summed E-state index contributed by atoms with van der Waals surface area (Å²) in [5.74, 6) is 0.305. The summed E-state index contributed by atoms with van der Waals surface area (Å²) in [7, 11) is 0. The second-order valence-corrected chi connectivity index (χ2v) is 7.04. The Balaban J connectivity index is 1.40. The number of carbonyl (C=O) groups is 2. The second kappa shape index (κ2) is 7.27. The molecule has 0 aliphatic carbocycles. The Labute approximate surface area is 152 Å². The maximum absolute atomic E-state index is 12.7. The Morgan fingerprint density at radius 3 is 2.81 bits per heavy atom. The van der Waals surface area contributed by atoms with Gasteiger partial charge in [0.15, 0.2) is 0 Å². The molecule has 4 heterocycles. The molecule has 0 saturated carbocycles. The van der Waals surface area contributed by atoms with E-state index in [1.807, 2.05) is 9.58 Å². The topological polar surface area (TPSA) is 80.1 Å². The van der Waals surface area contributed by atoms with E-state index in [0.29, 0.717) is 18.0 Å². The third kappa shape index (κ3) is 3.34. The fourth-order valence-electron chi connectivity index (χ4n) is 3.78. The highest BCUT2D eigenvalue weighted by Gasteiger charge is 2.28. The first kappa shape index (κ1) is 16.8. The molecule has 4 rings (SSSR count). The Morgan fingerprint density at radius 1 is 1.19 bits per heavy atom. The van der Waals surface area contributed by atoms with Crippen LogP contribution in [0.4, 0.5) is 0 Å². The van der Waals surface area contributed by atoms with Gasteiger partial charge in [0.1, 0.15) is 0 Å². The number of aromatic nitrogens is 3. The van der Waals surface area contributed by atoms with Crippen LogP contribution >= 0.6 is 0 Å². The van der Waals surface area contributed by atoms with Crippen LogP contribution in [0.3, 0.4) is 0 Å². The highest BCUT2D eigenvalue weighted by molar-refractivity contribution is 5.95. The number of fused-ring (bicyclic) bond motifs is 1. The lowest BCUT2D eigenvalue weighted by molar-refractivity contribution is 0.0790. The Morgan fingerprint density at radius 2 is 2.04 bits per heavy atom. The van der Waals surface area contributed by atoms with Crippen LogP contribution in [0.1, 0.15) is 45.7 Å². The van der Waals surface area contributed by atoms with Crippen molar-refractivity contribution in [3.63, 3.8) is 0 Å². The van der Waals surface area contributed by atoms with Crippen LogP contribution in [0.5, 0.6) is 0 Å². The number of hydrogen-bond donors (Lipinski definition) is 1. The van der Waals surface area contributed by atoms with E-state index in [-0.39, 0.29) is 11.8 Å². The van der Waals surface area contributed by atoms with Gasteiger partial charge in [-0.2, -0.15) is 5.10 Å². The molecule has 7 nitrogen and oxygen atoms in total. The predicted molar refractivity (Wildman–Crippen MR) is 95.7 cm³/mol. The van der Waals surface area contributed by atoms with E-state index in [0.717, 1.165) is 56.6 Å². The van der Waals surface area contributed by atoms with Gasteiger partial charge >= 0.3 is 0 Å². The lowest BCUT2D eigenvalue weighted by Gasteiger charge is -2.25. The summed E-state index contributed by atoms with van der Waals surface area (Å²) in [5.41, 5.74) is 2.31. The molecule has 1 atom stereocenters. The molecule has 1 saturated heterocycles. The predicted octanol–water partition coefficient (Wildman–Crippen LogP) is 1.51. The van der Waals surface area contributed by atoms with Gasteiger partial charge in [0.25, 0.3) is 11.8 Å². The van der Waals surface area contributed by atoms with Crippen LogP contribution in [0.2, 0.25) is 0 Å². The highest BCUT2D eigenvalue weighted by atomic mass is 16.2. The average molecular weight is 353 g/mol. The van der Waals surface area contributed by atoms with Gasteiger partial charge < -0.3 is 10.2 Å². The smallest absolute Gasteiger partial charge is 0.257 e. The first-order valence-corrected chi connectivity index (χ1v) is 9.24. The number of carbonyl (C=O) groups excluding carboxylic acids is 2. The number of hydrogen-bond acceptors (Lipinski definition) is 4. The number of aryl methyl sites for hydroxylation is 1. The van der Waals surface area contributed by atoms with Crippen LogP contribution in [-0.4, -0.2) is 51.1 Å². The molecule has 0 aromatic carbocycles. The van der Waals surface area contributed by atoms with Crippen molar-refractivity contribution in [2.24, 2.45) is 5.92 Å². The van der Waals surface area contributed by atoms with Crippen molar-refractivity contribution < 1.29 is 9.59 Å². The van der Waals surface area contributed by atoms with Crippen molar-refractivity contribution in [3.8, 4) is 0 Å². The molecule has 7 heteroatoms. The zero-order valence-corrected chi connectivity index (χ0v) is 14.7. The molecular formula is C19H23N5O2. The Kier molecular flexibility index (Phi) is 4.69. The molecule has 1 N–H and O–H groups in total. The molecular weight excluding hydrogens is 330 g/mol. The third-order valence-electron chi connectivity index (χ3n) is 5.28. The van der Waals surface area contributed by atoms with Crippen molar-refractivity contribution in [3.05, 3.63) is 47.5 Å². The van der Waals surface area contributed by atoms with Crippen molar-refractivity contribution >= 4 is 11.8 Å². The molecule has 0 radical (unpaired) electrons. The van der Waals surface area contributed by atoms with Crippen molar-refractivity contribution in [1.82, 2.24) is 25.0 Å². The average Bonchev–Trinajstić information content (AvgIpc) is 3.36. The molecule has 1 fully saturated rings. The number of pyridine rings is 1. The molecule has 26 heavy (non-hydrogen) atoms. The summed E-state index contributed by atoms with van der Waals surface area (Å²) < 4.78 is 1.95. The minimum Gasteiger partial charge on any atom is -0.352 e. The summed E-state index contributed by atoms with van der Waals surface area (Å²) in [6.45, 7) is 3.06. The van der Waals surface area contributed by atoms with Gasteiger partial charge in [-0.15, -0.1) is 0 Å². The van der Waals surface area contributed by atoms with E-state index in [4.69, 9.17) is 0 Å². The standard InChI is InChI=1S/C19H23N5O2/c25-18(15-4-3-6-20-12-15)21-11-14-5-9-24-17(10-14)16(13-22-24)19(26)23-7-1-2-8-23/h3-4,6,12-14H,1-2,5,7-11H2,(H,21,25)/t14-/m1/s1. The number of amides is 2. The molecule has 2 aliphatic heterocycles. The van der Waals surface area contributed by atoms with Gasteiger partial charge in [-0.1, -0.05) is 0 Å². The molecule has 0 spiro atoms. The van der Waals surface area contributed by atoms with Crippen LogP contribution in [0.25, 0.3) is 0 Å². The zero-order valence-electron chi connectivity index (χ0n) is 14.7. The molecule has 0 unspecified atom stereocenters. The van der Waals surface area contributed by atoms with E-state index in [1.165, 1.54) is 0 Å². The zero-order chi connectivity index (χ0) is 17.9. The summed E-state index contributed by atoms with van der Waals surface area (Å²) in [6.07, 6.45) is 8.81. The van der Waals surface area contributed by atoms with Crippen LogP contribution in [-0.2, 0) is 13.0 Å². The van der Waals surface area contributed by atoms with Gasteiger partial charge in [0.05, 0.1) is 23.0 Å². The van der Waals surface area contributed by atoms with E-state index < -0.39 is 0 Å². The van der Waals surface area contributed by atoms with E-state index in [1.54, 1.807) is 30.7 Å². The van der Waals surface area contributed by atoms with Gasteiger partial charge in [-0.05, 0) is 43.7 Å². The fourth-order valence-corrected chi connectivity index (χ4v) is 3.78. The molecule has 136 valence electrons. The van der Waals surface area contributed by atoms with Crippen molar-refractivity contribution in [2.75, 3.05) is 19.6 Å². The monoisotopic (exact) mass is 353 g/mol. The number of nitrogens with one attached hydrogen (secondary N) is 1.